The minimum Gasteiger partial charge on any atom is -0.448 e. The predicted molar refractivity (Wildman–Crippen MR) is 130 cm³/mol. The fraction of sp³-hybridized carbons (Fsp3) is 0.391. The molecule has 1 aromatic heterocycles. The molecule has 3 aromatic rings. The average Bonchev–Trinajstić information content (AvgIpc) is 2.73. The smallest absolute Gasteiger partial charge is 0.339 e. The van der Waals surface area contributed by atoms with Gasteiger partial charge in [0.05, 0.1) is 24.2 Å². The van der Waals surface area contributed by atoms with Crippen LogP contribution in [-0.2, 0) is 15.0 Å². The lowest BCUT2D eigenvalue weighted by atomic mass is 9.89. The number of carbonyl (C=O) groups is 1. The number of morpholine rings is 1. The number of hydrogen-bond donors (Lipinski definition) is 0. The molecule has 2 heterocycles. The van der Waals surface area contributed by atoms with Crippen LogP contribution in [0.3, 0.4) is 0 Å². The number of benzene rings is 2. The van der Waals surface area contributed by atoms with Crippen LogP contribution in [0, 0.1) is 0 Å². The van der Waals surface area contributed by atoms with Crippen molar-refractivity contribution in [1.82, 2.24) is 4.90 Å². The summed E-state index contributed by atoms with van der Waals surface area (Å²) in [6.07, 6.45) is 0. The third-order valence-electron chi connectivity index (χ3n) is 5.68. The van der Waals surface area contributed by atoms with Crippen LogP contribution < -0.4 is 5.43 Å². The van der Waals surface area contributed by atoms with Gasteiger partial charge in [-0.05, 0) is 73.2 Å². The molecular weight excluding hydrogens is 513 g/mol. The van der Waals surface area contributed by atoms with Crippen LogP contribution in [0.2, 0.25) is 0 Å². The van der Waals surface area contributed by atoms with Gasteiger partial charge in [-0.3, -0.25) is 9.69 Å². The summed E-state index contributed by atoms with van der Waals surface area (Å²) >= 11 is 3.59. The van der Waals surface area contributed by atoms with Gasteiger partial charge in [-0.1, -0.05) is 12.1 Å². The van der Waals surface area contributed by atoms with Gasteiger partial charge in [0.1, 0.15) is 4.11 Å². The van der Waals surface area contributed by atoms with Gasteiger partial charge in [-0.2, -0.15) is 0 Å². The van der Waals surface area contributed by atoms with Crippen LogP contribution in [0.1, 0.15) is 36.7 Å². The highest BCUT2D eigenvalue weighted by molar-refractivity contribution is 14.1. The van der Waals surface area contributed by atoms with Gasteiger partial charge >= 0.3 is 5.97 Å². The molecule has 1 atom stereocenters. The van der Waals surface area contributed by atoms with E-state index >= 15 is 0 Å². The molecule has 1 unspecified atom stereocenters. The van der Waals surface area contributed by atoms with Crippen LogP contribution in [0.4, 0.5) is 0 Å². The fourth-order valence-electron chi connectivity index (χ4n) is 3.96. The third kappa shape index (κ3) is 4.00. The Hall–Kier alpha value is -1.55. The molecular formula is C23H24INO4S. The summed E-state index contributed by atoms with van der Waals surface area (Å²) in [6.45, 7) is 9.14. The third-order valence-corrected chi connectivity index (χ3v) is 7.05. The van der Waals surface area contributed by atoms with Crippen LogP contribution in [0.15, 0.2) is 41.2 Å². The Balaban J connectivity index is 1.98. The molecule has 0 bridgehead atoms. The molecule has 0 radical (unpaired) electrons. The number of carbonyl (C=O) groups excluding carboxylic acids is 1. The second-order valence-electron chi connectivity index (χ2n) is 7.93. The molecule has 0 amide bonds. The highest BCUT2D eigenvalue weighted by Gasteiger charge is 2.32. The Labute approximate surface area is 193 Å². The van der Waals surface area contributed by atoms with E-state index in [2.05, 4.69) is 47.4 Å². The zero-order chi connectivity index (χ0) is 21.5. The summed E-state index contributed by atoms with van der Waals surface area (Å²) in [5.41, 5.74) is 0.906. The minimum atomic E-state index is -0.457. The van der Waals surface area contributed by atoms with Crippen molar-refractivity contribution in [1.29, 1.82) is 0 Å². The van der Waals surface area contributed by atoms with E-state index in [1.807, 2.05) is 30.3 Å². The molecule has 1 fully saturated rings. The molecule has 0 N–H and O–H groups in total. The maximum absolute atomic E-state index is 13.3. The number of alkyl halides is 1. The number of nitrogens with zero attached hydrogens (tertiary/aromatic N) is 1. The standard InChI is InChI=1S/C23H24INO4S/c1-14(24)29-22(27)17-12-15(23(2,3)25-8-10-28-11-9-25)13-19-20(17)21(26)16-6-4-5-7-18(16)30-19/h4-7,12-14H,8-11H2,1-3H3. The molecule has 0 aliphatic carbocycles. The van der Waals surface area contributed by atoms with Gasteiger partial charge in [0.15, 0.2) is 5.43 Å². The van der Waals surface area contributed by atoms with Crippen LogP contribution in [0.25, 0.3) is 20.2 Å². The summed E-state index contributed by atoms with van der Waals surface area (Å²) in [4.78, 5) is 28.7. The van der Waals surface area contributed by atoms with Crippen molar-refractivity contribution in [2.24, 2.45) is 0 Å². The number of ether oxygens (including phenoxy) is 2. The predicted octanol–water partition coefficient (Wildman–Crippen LogP) is 4.92. The molecule has 158 valence electrons. The molecule has 2 aromatic carbocycles. The Kier molecular flexibility index (Phi) is 6.16. The summed E-state index contributed by atoms with van der Waals surface area (Å²) in [5.74, 6) is -0.457. The van der Waals surface area contributed by atoms with E-state index in [1.165, 1.54) is 11.3 Å². The number of fused-ring (bicyclic) bond motifs is 2. The largest absolute Gasteiger partial charge is 0.448 e. The van der Waals surface area contributed by atoms with Crippen molar-refractivity contribution >= 4 is 60.1 Å². The monoisotopic (exact) mass is 537 g/mol. The van der Waals surface area contributed by atoms with Crippen LogP contribution in [-0.4, -0.2) is 41.3 Å². The Morgan fingerprint density at radius 1 is 1.20 bits per heavy atom. The zero-order valence-corrected chi connectivity index (χ0v) is 20.2. The summed E-state index contributed by atoms with van der Waals surface area (Å²) in [6, 6.07) is 11.5. The fourth-order valence-corrected chi connectivity index (χ4v) is 5.33. The maximum atomic E-state index is 13.3. The van der Waals surface area contributed by atoms with Gasteiger partial charge in [0.25, 0.3) is 0 Å². The average molecular weight is 537 g/mol. The molecule has 0 spiro atoms. The summed E-state index contributed by atoms with van der Waals surface area (Å²) in [7, 11) is 0. The maximum Gasteiger partial charge on any atom is 0.339 e. The minimum absolute atomic E-state index is 0.122. The lowest BCUT2D eigenvalue weighted by Crippen LogP contribution is -2.48. The van der Waals surface area contributed by atoms with Gasteiger partial charge in [0.2, 0.25) is 0 Å². The van der Waals surface area contributed by atoms with E-state index in [0.29, 0.717) is 29.5 Å². The summed E-state index contributed by atoms with van der Waals surface area (Å²) < 4.78 is 12.5. The van der Waals surface area contributed by atoms with Crippen molar-refractivity contribution in [3.05, 3.63) is 57.7 Å². The van der Waals surface area contributed by atoms with Crippen molar-refractivity contribution in [3.8, 4) is 0 Å². The quantitative estimate of drug-likeness (QED) is 0.205. The molecule has 30 heavy (non-hydrogen) atoms. The van der Waals surface area contributed by atoms with Crippen molar-refractivity contribution in [3.63, 3.8) is 0 Å². The molecule has 5 nitrogen and oxygen atoms in total. The molecule has 0 saturated carbocycles. The van der Waals surface area contributed by atoms with E-state index in [-0.39, 0.29) is 15.1 Å². The zero-order valence-electron chi connectivity index (χ0n) is 17.2. The normalized spacial score (nSPS) is 16.7. The van der Waals surface area contributed by atoms with Crippen molar-refractivity contribution in [2.45, 2.75) is 30.4 Å². The first-order chi connectivity index (χ1) is 14.3. The van der Waals surface area contributed by atoms with Crippen LogP contribution in [0.5, 0.6) is 0 Å². The Bertz CT molecular complexity index is 1170. The van der Waals surface area contributed by atoms with Crippen LogP contribution >= 0.6 is 33.9 Å². The SMILES string of the molecule is CC(I)OC(=O)c1cc(C(C)(C)N2CCOCC2)cc2sc3ccccc3c(=O)c12. The second-order valence-corrected chi connectivity index (χ2v) is 10.8. The molecule has 1 aliphatic heterocycles. The van der Waals surface area contributed by atoms with Crippen molar-refractivity contribution in [2.75, 3.05) is 26.3 Å². The first-order valence-electron chi connectivity index (χ1n) is 9.97. The molecule has 7 heteroatoms. The first-order valence-corrected chi connectivity index (χ1v) is 12.0. The Morgan fingerprint density at radius 2 is 1.90 bits per heavy atom. The molecule has 1 aliphatic rings. The highest BCUT2D eigenvalue weighted by Crippen LogP contribution is 2.35. The lowest BCUT2D eigenvalue weighted by molar-refractivity contribution is -0.0118. The van der Waals surface area contributed by atoms with E-state index in [9.17, 15) is 9.59 Å². The van der Waals surface area contributed by atoms with Crippen molar-refractivity contribution < 1.29 is 14.3 Å². The van der Waals surface area contributed by atoms with E-state index in [4.69, 9.17) is 9.47 Å². The number of hydrogen-bond acceptors (Lipinski definition) is 6. The first kappa shape index (κ1) is 21.7. The molecule has 1 saturated heterocycles. The van der Waals surface area contributed by atoms with E-state index < -0.39 is 5.97 Å². The van der Waals surface area contributed by atoms with Gasteiger partial charge in [0, 0.05) is 33.4 Å². The Morgan fingerprint density at radius 3 is 2.60 bits per heavy atom. The molecule has 4 rings (SSSR count). The van der Waals surface area contributed by atoms with E-state index in [0.717, 1.165) is 28.1 Å². The topological polar surface area (TPSA) is 55.8 Å². The van der Waals surface area contributed by atoms with E-state index in [1.54, 1.807) is 6.92 Å². The number of halogens is 1. The van der Waals surface area contributed by atoms with Gasteiger partial charge < -0.3 is 9.47 Å². The number of esters is 1. The van der Waals surface area contributed by atoms with Gasteiger partial charge in [-0.15, -0.1) is 11.3 Å². The highest BCUT2D eigenvalue weighted by atomic mass is 127. The van der Waals surface area contributed by atoms with Gasteiger partial charge in [-0.25, -0.2) is 4.79 Å². The number of rotatable bonds is 4. The second kappa shape index (κ2) is 8.53. The summed E-state index contributed by atoms with van der Waals surface area (Å²) in [5, 5.41) is 1.08. The lowest BCUT2D eigenvalue weighted by Gasteiger charge is -2.41.